The largest absolute Gasteiger partial charge is 0.381 e. The van der Waals surface area contributed by atoms with E-state index < -0.39 is 0 Å². The first-order valence-electron chi connectivity index (χ1n) is 8.79. The van der Waals surface area contributed by atoms with E-state index in [2.05, 4.69) is 15.0 Å². The third kappa shape index (κ3) is 3.16. The van der Waals surface area contributed by atoms with E-state index in [1.807, 2.05) is 26.0 Å². The molecule has 4 aromatic rings. The predicted octanol–water partition coefficient (Wildman–Crippen LogP) is 5.22. The van der Waals surface area contributed by atoms with Crippen molar-refractivity contribution in [3.63, 3.8) is 0 Å². The van der Waals surface area contributed by atoms with Crippen molar-refractivity contribution in [2.24, 2.45) is 0 Å². The number of aryl methyl sites for hydroxylation is 2. The monoisotopic (exact) mass is 403 g/mol. The number of nitriles is 1. The molecule has 0 aliphatic rings. The lowest BCUT2D eigenvalue weighted by molar-refractivity contribution is 0.628. The molecule has 2 heterocycles. The number of halogens is 2. The van der Waals surface area contributed by atoms with Gasteiger partial charge in [0.05, 0.1) is 21.9 Å². The summed E-state index contributed by atoms with van der Waals surface area (Å²) in [6.07, 6.45) is 1.71. The van der Waals surface area contributed by atoms with E-state index in [1.165, 1.54) is 12.1 Å². The van der Waals surface area contributed by atoms with Crippen LogP contribution < -0.4 is 5.73 Å². The van der Waals surface area contributed by atoms with Gasteiger partial charge in [-0.2, -0.15) is 5.26 Å². The lowest BCUT2D eigenvalue weighted by Crippen LogP contribution is -2.04. The summed E-state index contributed by atoms with van der Waals surface area (Å²) >= 11 is 6.53. The molecule has 4 rings (SSSR count). The minimum Gasteiger partial charge on any atom is -0.381 e. The molecule has 0 unspecified atom stereocenters. The number of benzene rings is 2. The molecule has 2 N–H and O–H groups in total. The smallest absolute Gasteiger partial charge is 0.183 e. The van der Waals surface area contributed by atoms with Crippen LogP contribution >= 0.6 is 11.6 Å². The maximum Gasteiger partial charge on any atom is 0.183 e. The van der Waals surface area contributed by atoms with Crippen molar-refractivity contribution in [2.75, 3.05) is 5.73 Å². The number of rotatable bonds is 2. The van der Waals surface area contributed by atoms with Gasteiger partial charge in [-0.1, -0.05) is 11.6 Å². The molecule has 0 spiro atoms. The highest BCUT2D eigenvalue weighted by Gasteiger charge is 2.20. The molecule has 0 aliphatic heterocycles. The van der Waals surface area contributed by atoms with Crippen LogP contribution in [0.4, 0.5) is 10.2 Å². The molecule has 142 valence electrons. The molecule has 2 aromatic heterocycles. The number of nitrogens with zero attached hydrogens (tertiary/aromatic N) is 4. The van der Waals surface area contributed by atoms with Crippen molar-refractivity contribution in [3.8, 4) is 28.6 Å². The van der Waals surface area contributed by atoms with Crippen LogP contribution in [0, 0.1) is 31.0 Å². The molecule has 0 amide bonds. The van der Waals surface area contributed by atoms with Gasteiger partial charge in [-0.25, -0.2) is 14.4 Å². The summed E-state index contributed by atoms with van der Waals surface area (Å²) in [5, 5.41) is 10.8. The van der Waals surface area contributed by atoms with Crippen molar-refractivity contribution in [1.82, 2.24) is 15.0 Å². The summed E-state index contributed by atoms with van der Waals surface area (Å²) in [7, 11) is 0. The standard InChI is InChI=1S/C22H15ClFN5/c1-11-7-8-27-21-16(23)9-15(12(2)18(11)21)20-19(13-3-5-14(24)6-4-13)29-22(26)17(10-25)28-20/h3-9H,1-2H3,(H2,26,29). The second-order valence-electron chi connectivity index (χ2n) is 6.66. The summed E-state index contributed by atoms with van der Waals surface area (Å²) in [6, 6.07) is 11.5. The number of hydrogen-bond acceptors (Lipinski definition) is 5. The lowest BCUT2D eigenvalue weighted by Gasteiger charge is -2.15. The SMILES string of the molecule is Cc1ccnc2c(Cl)cc(-c3nc(C#N)c(N)nc3-c3ccc(F)cc3)c(C)c12. The fourth-order valence-electron chi connectivity index (χ4n) is 3.42. The summed E-state index contributed by atoms with van der Waals surface area (Å²) in [4.78, 5) is 13.3. The van der Waals surface area contributed by atoms with Gasteiger partial charge in [0.1, 0.15) is 11.9 Å². The first kappa shape index (κ1) is 18.8. The molecule has 0 atom stereocenters. The number of nitrogen functional groups attached to an aromatic ring is 1. The van der Waals surface area contributed by atoms with Crippen molar-refractivity contribution >= 4 is 28.3 Å². The number of hydrogen-bond donors (Lipinski definition) is 1. The van der Waals surface area contributed by atoms with Crippen LogP contribution in [-0.4, -0.2) is 15.0 Å². The Morgan fingerprint density at radius 1 is 1.07 bits per heavy atom. The van der Waals surface area contributed by atoms with Crippen LogP contribution in [0.1, 0.15) is 16.8 Å². The van der Waals surface area contributed by atoms with Gasteiger partial charge >= 0.3 is 0 Å². The van der Waals surface area contributed by atoms with Crippen molar-refractivity contribution in [3.05, 3.63) is 70.3 Å². The van der Waals surface area contributed by atoms with E-state index in [-0.39, 0.29) is 17.3 Å². The highest BCUT2D eigenvalue weighted by Crippen LogP contribution is 2.38. The Hall–Kier alpha value is -3.56. The highest BCUT2D eigenvalue weighted by atomic mass is 35.5. The molecule has 0 bridgehead atoms. The van der Waals surface area contributed by atoms with Gasteiger partial charge in [-0.3, -0.25) is 4.98 Å². The zero-order valence-electron chi connectivity index (χ0n) is 15.7. The van der Waals surface area contributed by atoms with E-state index in [9.17, 15) is 9.65 Å². The fraction of sp³-hybridized carbons (Fsp3) is 0.0909. The van der Waals surface area contributed by atoms with Crippen molar-refractivity contribution in [2.45, 2.75) is 13.8 Å². The maximum atomic E-state index is 13.4. The molecule has 0 fully saturated rings. The quantitative estimate of drug-likeness (QED) is 0.495. The topological polar surface area (TPSA) is 88.5 Å². The first-order valence-corrected chi connectivity index (χ1v) is 9.17. The van der Waals surface area contributed by atoms with E-state index in [4.69, 9.17) is 17.3 Å². The van der Waals surface area contributed by atoms with Gasteiger partial charge in [0.15, 0.2) is 11.5 Å². The van der Waals surface area contributed by atoms with Crippen molar-refractivity contribution < 1.29 is 4.39 Å². The van der Waals surface area contributed by atoms with Crippen LogP contribution in [0.25, 0.3) is 33.4 Å². The normalized spacial score (nSPS) is 10.9. The second kappa shape index (κ2) is 7.12. The Morgan fingerprint density at radius 2 is 1.79 bits per heavy atom. The minimum atomic E-state index is -0.364. The van der Waals surface area contributed by atoms with Gasteiger partial charge in [-0.15, -0.1) is 0 Å². The average Bonchev–Trinajstić information content (AvgIpc) is 2.71. The molecule has 0 radical (unpaired) electrons. The third-order valence-corrected chi connectivity index (χ3v) is 5.13. The van der Waals surface area contributed by atoms with E-state index in [0.717, 1.165) is 16.5 Å². The van der Waals surface area contributed by atoms with E-state index in [1.54, 1.807) is 24.4 Å². The van der Waals surface area contributed by atoms with E-state index in [0.29, 0.717) is 33.1 Å². The Balaban J connectivity index is 2.10. The number of aromatic nitrogens is 3. The fourth-order valence-corrected chi connectivity index (χ4v) is 3.68. The van der Waals surface area contributed by atoms with Crippen LogP contribution in [-0.2, 0) is 0 Å². The Bertz CT molecular complexity index is 1310. The molecule has 29 heavy (non-hydrogen) atoms. The number of fused-ring (bicyclic) bond motifs is 1. The van der Waals surface area contributed by atoms with E-state index >= 15 is 0 Å². The van der Waals surface area contributed by atoms with Gasteiger partial charge in [0.25, 0.3) is 0 Å². The molecule has 5 nitrogen and oxygen atoms in total. The summed E-state index contributed by atoms with van der Waals surface area (Å²) in [6.45, 7) is 3.93. The van der Waals surface area contributed by atoms with Gasteiger partial charge in [0, 0.05) is 22.7 Å². The molecule has 0 aliphatic carbocycles. The van der Waals surface area contributed by atoms with Gasteiger partial charge in [-0.05, 0) is 61.4 Å². The minimum absolute atomic E-state index is 0.0120. The number of anilines is 1. The predicted molar refractivity (Wildman–Crippen MR) is 112 cm³/mol. The zero-order chi connectivity index (χ0) is 20.7. The van der Waals surface area contributed by atoms with Crippen LogP contribution in [0.15, 0.2) is 42.6 Å². The molecular formula is C22H15ClFN5. The van der Waals surface area contributed by atoms with Crippen LogP contribution in [0.3, 0.4) is 0 Å². The van der Waals surface area contributed by atoms with Crippen LogP contribution in [0.5, 0.6) is 0 Å². The Morgan fingerprint density at radius 3 is 2.48 bits per heavy atom. The highest BCUT2D eigenvalue weighted by molar-refractivity contribution is 6.35. The second-order valence-corrected chi connectivity index (χ2v) is 7.06. The molecule has 0 saturated heterocycles. The first-order chi connectivity index (χ1) is 13.9. The van der Waals surface area contributed by atoms with Gasteiger partial charge < -0.3 is 5.73 Å². The molecular weight excluding hydrogens is 389 g/mol. The Labute approximate surface area is 171 Å². The summed E-state index contributed by atoms with van der Waals surface area (Å²) in [5.41, 5.74) is 10.8. The summed E-state index contributed by atoms with van der Waals surface area (Å²) < 4.78 is 13.4. The molecule has 7 heteroatoms. The number of nitrogens with two attached hydrogens (primary N) is 1. The molecule has 2 aromatic carbocycles. The van der Waals surface area contributed by atoms with Crippen LogP contribution in [0.2, 0.25) is 5.02 Å². The average molecular weight is 404 g/mol. The maximum absolute atomic E-state index is 13.4. The number of pyridine rings is 1. The Kier molecular flexibility index (Phi) is 4.61. The van der Waals surface area contributed by atoms with Gasteiger partial charge in [0.2, 0.25) is 0 Å². The zero-order valence-corrected chi connectivity index (χ0v) is 16.4. The van der Waals surface area contributed by atoms with Crippen molar-refractivity contribution in [1.29, 1.82) is 5.26 Å². The lowest BCUT2D eigenvalue weighted by atomic mass is 9.95. The third-order valence-electron chi connectivity index (χ3n) is 4.84. The molecule has 0 saturated carbocycles. The summed E-state index contributed by atoms with van der Waals surface area (Å²) in [5.74, 6) is -0.352.